The van der Waals surface area contributed by atoms with E-state index in [2.05, 4.69) is 58.2 Å². The minimum absolute atomic E-state index is 0.0176. The highest BCUT2D eigenvalue weighted by molar-refractivity contribution is 5.97. The number of fused-ring (bicyclic) bond motifs is 1. The molecule has 0 radical (unpaired) electrons. The van der Waals surface area contributed by atoms with Gasteiger partial charge in [0.15, 0.2) is 11.9 Å². The third kappa shape index (κ3) is 23.3. The Labute approximate surface area is 441 Å². The topological polar surface area (TPSA) is 441 Å². The molecule has 0 saturated carbocycles. The lowest BCUT2D eigenvalue weighted by Gasteiger charge is -2.26. The average Bonchev–Trinajstić information content (AvgIpc) is 3.78. The predicted octanol–water partition coefficient (Wildman–Crippen LogP) is -2.56. The summed E-state index contributed by atoms with van der Waals surface area (Å²) in [4.78, 5) is 123. The highest BCUT2D eigenvalue weighted by Gasteiger charge is 2.32. The second-order valence-corrected chi connectivity index (χ2v) is 18.3. The zero-order valence-electron chi connectivity index (χ0n) is 43.4. The average molecular weight is 1060 g/mol. The number of amides is 9. The molecule has 26 heteroatoms. The summed E-state index contributed by atoms with van der Waals surface area (Å²) in [5.74, 6) is -6.60. The lowest BCUT2D eigenvalue weighted by atomic mass is 10.0. The summed E-state index contributed by atoms with van der Waals surface area (Å²) in [5.41, 5.74) is 24.7. The molecule has 1 aromatic heterocycles. The number of rotatable bonds is 34. The van der Waals surface area contributed by atoms with E-state index in [4.69, 9.17) is 33.8 Å². The van der Waals surface area contributed by atoms with Crippen LogP contribution in [0.2, 0.25) is 0 Å². The van der Waals surface area contributed by atoms with Crippen molar-refractivity contribution >= 4 is 76.0 Å². The molecule has 0 aliphatic carbocycles. The van der Waals surface area contributed by atoms with Gasteiger partial charge in [0.1, 0.15) is 36.3 Å². The Bertz CT molecular complexity index is 2450. The van der Waals surface area contributed by atoms with E-state index in [0.717, 1.165) is 16.5 Å². The molecule has 26 nitrogen and oxygen atoms in total. The Kier molecular flexibility index (Phi) is 26.8. The molecule has 7 atom stereocenters. The molecule has 0 bridgehead atoms. The van der Waals surface area contributed by atoms with E-state index in [1.807, 2.05) is 31.2 Å². The predicted molar refractivity (Wildman–Crippen MR) is 285 cm³/mol. The number of H-pyrrole nitrogens is 1. The van der Waals surface area contributed by atoms with Gasteiger partial charge in [0.2, 0.25) is 53.2 Å². The summed E-state index contributed by atoms with van der Waals surface area (Å²) in [6.45, 7) is 4.86. The van der Waals surface area contributed by atoms with Crippen LogP contribution in [0.5, 0.6) is 0 Å². The van der Waals surface area contributed by atoms with Gasteiger partial charge in [-0.05, 0) is 68.6 Å². The minimum Gasteiger partial charge on any atom is -0.370 e. The molecule has 21 N–H and O–H groups in total. The highest BCUT2D eigenvalue weighted by Crippen LogP contribution is 2.20. The maximum Gasteiger partial charge on any atom is 0.243 e. The van der Waals surface area contributed by atoms with Crippen molar-refractivity contribution < 1.29 is 43.2 Å². The monoisotopic (exact) mass is 1060 g/mol. The number of unbranched alkanes of at least 4 members (excludes halogenated alkanes) is 1. The maximum absolute atomic E-state index is 14.3. The standard InChI is InChI=1S/C50H77N17O9/c1-4-33(51)28-61-44(72)41(67-45(73)37(62-29(2)68)19-12-22-58-49(53)54)26-42(70)57-21-11-10-18-36(43(52)71)64-48(76)40(25-32-27-60-35-17-9-8-16-34(32)35)66-46(74)38(20-13-23-59-50(55)56)65-47(75)39(63-30(3)69)24-31-14-6-5-7-15-31/h5-9,14-17,27,33,36-41,60H,4,10-13,18-26,28,51H2,1-3H3,(H2,52,71)(H,57,70)(H,61,72)(H,62,68)(H,63,69)(H,64,76)(H,65,75)(H,66,74)(H,67,73)(H4,53,54,58)(H4,55,56,59)/t33-,36+,37+,38+,39-,40+,41+/m1/s1. The highest BCUT2D eigenvalue weighted by atomic mass is 16.2. The number of hydrogen-bond acceptors (Lipinski definition) is 12. The van der Waals surface area contributed by atoms with E-state index >= 15 is 0 Å². The third-order valence-corrected chi connectivity index (χ3v) is 12.0. The normalized spacial score (nSPS) is 13.6. The fourth-order valence-corrected chi connectivity index (χ4v) is 7.92. The Morgan fingerprint density at radius 3 is 1.61 bits per heavy atom. The van der Waals surface area contributed by atoms with E-state index in [1.165, 1.54) is 13.8 Å². The van der Waals surface area contributed by atoms with Crippen molar-refractivity contribution in [3.63, 3.8) is 0 Å². The summed E-state index contributed by atoms with van der Waals surface area (Å²) < 4.78 is 0. The smallest absolute Gasteiger partial charge is 0.243 e. The van der Waals surface area contributed by atoms with Gasteiger partial charge in [-0.25, -0.2) is 0 Å². The van der Waals surface area contributed by atoms with Crippen LogP contribution in [-0.4, -0.2) is 139 Å². The number of carbonyl (C=O) groups is 9. The molecule has 0 unspecified atom stereocenters. The number of aromatic nitrogens is 1. The fraction of sp³-hybridized carbons (Fsp3) is 0.500. The van der Waals surface area contributed by atoms with Gasteiger partial charge >= 0.3 is 0 Å². The zero-order chi connectivity index (χ0) is 56.2. The summed E-state index contributed by atoms with van der Waals surface area (Å²) in [7, 11) is 0. The minimum atomic E-state index is -1.36. The second kappa shape index (κ2) is 32.8. The van der Waals surface area contributed by atoms with E-state index in [0.29, 0.717) is 18.4 Å². The number of benzene rings is 2. The van der Waals surface area contributed by atoms with Crippen molar-refractivity contribution in [1.29, 1.82) is 10.8 Å². The Hall–Kier alpha value is -8.29. The molecule has 76 heavy (non-hydrogen) atoms. The molecule has 0 fully saturated rings. The molecule has 416 valence electrons. The first-order valence-corrected chi connectivity index (χ1v) is 25.3. The number of guanidine groups is 2. The van der Waals surface area contributed by atoms with Crippen LogP contribution in [0.25, 0.3) is 10.9 Å². The SMILES string of the molecule is CC[C@@H](N)CNC(=O)[C@H](CC(=O)NCCCC[C@H](NC(=O)[C@H](Cc1c[nH]c2ccccc12)NC(=O)[C@H](CCCNC(=N)N)NC(=O)[C@@H](Cc1ccccc1)NC(C)=O)C(N)=O)NC(=O)[C@H](CCCNC(=N)N)NC(C)=O. The van der Waals surface area contributed by atoms with Crippen LogP contribution in [-0.2, 0) is 56.0 Å². The van der Waals surface area contributed by atoms with Crippen molar-refractivity contribution in [3.05, 3.63) is 71.9 Å². The maximum atomic E-state index is 14.3. The molecule has 0 aliphatic rings. The van der Waals surface area contributed by atoms with Crippen molar-refractivity contribution in [3.8, 4) is 0 Å². The van der Waals surface area contributed by atoms with Gasteiger partial charge in [-0.1, -0.05) is 55.5 Å². The van der Waals surface area contributed by atoms with Gasteiger partial charge in [-0.3, -0.25) is 54.0 Å². The van der Waals surface area contributed by atoms with Gasteiger partial charge in [-0.15, -0.1) is 0 Å². The first-order chi connectivity index (χ1) is 36.2. The first-order valence-electron chi connectivity index (χ1n) is 25.3. The molecule has 0 saturated heterocycles. The number of nitrogens with one attached hydrogen (secondary N) is 13. The molecule has 3 aromatic rings. The zero-order valence-corrected chi connectivity index (χ0v) is 43.4. The van der Waals surface area contributed by atoms with E-state index in [9.17, 15) is 43.2 Å². The molecular formula is C50H77N17O9. The number of hydrogen-bond donors (Lipinski definition) is 17. The molecule has 0 aliphatic heterocycles. The molecular weight excluding hydrogens is 983 g/mol. The van der Waals surface area contributed by atoms with E-state index in [-0.39, 0.29) is 95.5 Å². The summed E-state index contributed by atoms with van der Waals surface area (Å²) in [6, 6.07) is 8.58. The third-order valence-electron chi connectivity index (χ3n) is 12.0. The van der Waals surface area contributed by atoms with Gasteiger partial charge in [0, 0.05) is 76.0 Å². The lowest BCUT2D eigenvalue weighted by Crippen LogP contribution is -2.58. The molecule has 9 amide bonds. The summed E-state index contributed by atoms with van der Waals surface area (Å²) in [6.07, 6.45) is 3.06. The van der Waals surface area contributed by atoms with Crippen LogP contribution in [0.15, 0.2) is 60.8 Å². The van der Waals surface area contributed by atoms with Crippen molar-refractivity contribution in [1.82, 2.24) is 58.2 Å². The molecule has 2 aromatic carbocycles. The second-order valence-electron chi connectivity index (χ2n) is 18.3. The van der Waals surface area contributed by atoms with Crippen LogP contribution in [0.1, 0.15) is 89.7 Å². The van der Waals surface area contributed by atoms with E-state index < -0.39 is 95.8 Å². The van der Waals surface area contributed by atoms with E-state index in [1.54, 1.807) is 36.5 Å². The number of carbonyl (C=O) groups excluding carboxylic acids is 9. The number of aromatic amines is 1. The van der Waals surface area contributed by atoms with Gasteiger partial charge in [0.25, 0.3) is 0 Å². The van der Waals surface area contributed by atoms with Crippen molar-refractivity contribution in [2.24, 2.45) is 22.9 Å². The van der Waals surface area contributed by atoms with Gasteiger partial charge < -0.3 is 81.1 Å². The van der Waals surface area contributed by atoms with Crippen LogP contribution >= 0.6 is 0 Å². The van der Waals surface area contributed by atoms with Crippen molar-refractivity contribution in [2.75, 3.05) is 26.2 Å². The number of nitrogens with two attached hydrogens (primary N) is 4. The van der Waals surface area contributed by atoms with Crippen LogP contribution in [0, 0.1) is 10.8 Å². The first kappa shape index (κ1) is 62.0. The van der Waals surface area contributed by atoms with Crippen LogP contribution < -0.4 is 76.1 Å². The quantitative estimate of drug-likeness (QED) is 0.0166. The fourth-order valence-electron chi connectivity index (χ4n) is 7.92. The Morgan fingerprint density at radius 1 is 0.539 bits per heavy atom. The lowest BCUT2D eigenvalue weighted by molar-refractivity contribution is -0.134. The largest absolute Gasteiger partial charge is 0.370 e. The number of primary amides is 1. The Balaban J connectivity index is 1.75. The van der Waals surface area contributed by atoms with Gasteiger partial charge in [0.05, 0.1) is 6.42 Å². The summed E-state index contributed by atoms with van der Waals surface area (Å²) in [5, 5.41) is 42.2. The number of para-hydroxylation sites is 1. The van der Waals surface area contributed by atoms with Crippen LogP contribution in [0.4, 0.5) is 0 Å². The summed E-state index contributed by atoms with van der Waals surface area (Å²) >= 11 is 0. The Morgan fingerprint density at radius 2 is 1.03 bits per heavy atom. The molecule has 0 spiro atoms. The van der Waals surface area contributed by atoms with Gasteiger partial charge in [-0.2, -0.15) is 0 Å². The molecule has 3 rings (SSSR count). The molecule has 1 heterocycles. The van der Waals surface area contributed by atoms with Crippen molar-refractivity contribution in [2.45, 2.75) is 134 Å². The van der Waals surface area contributed by atoms with Crippen LogP contribution in [0.3, 0.4) is 0 Å².